The van der Waals surface area contributed by atoms with Gasteiger partial charge < -0.3 is 9.64 Å². The summed E-state index contributed by atoms with van der Waals surface area (Å²) in [5.41, 5.74) is 2.93. The Morgan fingerprint density at radius 2 is 1.93 bits per heavy atom. The lowest BCUT2D eigenvalue weighted by molar-refractivity contribution is 0.223. The smallest absolute Gasteiger partial charge is 0.293 e. The molecule has 0 unspecified atom stereocenters. The normalized spacial score (nSPS) is 18.7. The summed E-state index contributed by atoms with van der Waals surface area (Å²) in [5.74, 6) is 2.73. The van der Waals surface area contributed by atoms with Gasteiger partial charge in [0.2, 0.25) is 0 Å². The molecule has 1 saturated heterocycles. The summed E-state index contributed by atoms with van der Waals surface area (Å²) in [6.07, 6.45) is 4.88. The Labute approximate surface area is 177 Å². The molecular formula is C21H32N6OS. The van der Waals surface area contributed by atoms with E-state index >= 15 is 0 Å². The predicted molar refractivity (Wildman–Crippen MR) is 116 cm³/mol. The summed E-state index contributed by atoms with van der Waals surface area (Å²) in [6.45, 7) is 12.5. The summed E-state index contributed by atoms with van der Waals surface area (Å²) in [5, 5.41) is 8.37. The minimum atomic E-state index is -0.0245. The summed E-state index contributed by atoms with van der Waals surface area (Å²) >= 11 is 1.44. The zero-order valence-corrected chi connectivity index (χ0v) is 18.6. The van der Waals surface area contributed by atoms with Crippen LogP contribution in [-0.4, -0.2) is 64.4 Å². The molecule has 0 amide bonds. The number of rotatable bonds is 7. The summed E-state index contributed by atoms with van der Waals surface area (Å²) in [6, 6.07) is 2.25. The van der Waals surface area contributed by atoms with E-state index in [4.69, 9.17) is 14.7 Å². The summed E-state index contributed by atoms with van der Waals surface area (Å²) < 4.78 is 5.62. The minimum Gasteiger partial charge on any atom is -0.469 e. The number of hydrogen-bond donors (Lipinski definition) is 0. The van der Waals surface area contributed by atoms with E-state index < -0.39 is 0 Å². The number of nitrogens with zero attached hydrogens (tertiary/aromatic N) is 6. The van der Waals surface area contributed by atoms with Gasteiger partial charge in [-0.2, -0.15) is 0 Å². The van der Waals surface area contributed by atoms with E-state index in [-0.39, 0.29) is 5.41 Å². The van der Waals surface area contributed by atoms with Crippen LogP contribution in [-0.2, 0) is 5.41 Å². The number of ether oxygens (including phenoxy) is 1. The average Bonchev–Trinajstić information content (AvgIpc) is 3.17. The molecule has 0 atom stereocenters. The van der Waals surface area contributed by atoms with Gasteiger partial charge in [-0.3, -0.25) is 4.90 Å². The first-order valence-corrected chi connectivity index (χ1v) is 11.6. The van der Waals surface area contributed by atoms with Crippen molar-refractivity contribution in [1.82, 2.24) is 25.1 Å². The second-order valence-electron chi connectivity index (χ2n) is 9.09. The fraction of sp³-hybridized carbons (Fsp3) is 0.714. The maximum atomic E-state index is 5.62. The van der Waals surface area contributed by atoms with Crippen molar-refractivity contribution in [1.29, 1.82) is 0 Å². The first-order valence-electron chi connectivity index (χ1n) is 10.7. The van der Waals surface area contributed by atoms with Crippen LogP contribution in [0, 0.1) is 0 Å². The molecule has 8 heteroatoms. The van der Waals surface area contributed by atoms with E-state index in [1.165, 1.54) is 36.3 Å². The number of hydrogen-bond acceptors (Lipinski definition) is 8. The maximum absolute atomic E-state index is 5.62. The Morgan fingerprint density at radius 3 is 2.55 bits per heavy atom. The number of anilines is 1. The molecule has 0 radical (unpaired) electrons. The second kappa shape index (κ2) is 8.92. The summed E-state index contributed by atoms with van der Waals surface area (Å²) in [4.78, 5) is 14.8. The van der Waals surface area contributed by atoms with Crippen LogP contribution in [0.15, 0.2) is 11.6 Å². The lowest BCUT2D eigenvalue weighted by Crippen LogP contribution is -2.47. The number of piperazine rings is 1. The second-order valence-corrected chi connectivity index (χ2v) is 9.88. The molecule has 2 aromatic heterocycles. The van der Waals surface area contributed by atoms with Gasteiger partial charge >= 0.3 is 0 Å². The quantitative estimate of drug-likeness (QED) is 0.640. The monoisotopic (exact) mass is 416 g/mol. The summed E-state index contributed by atoms with van der Waals surface area (Å²) in [7, 11) is 0. The topological polar surface area (TPSA) is 67.3 Å². The van der Waals surface area contributed by atoms with Crippen LogP contribution in [0.5, 0.6) is 5.19 Å². The van der Waals surface area contributed by atoms with Crippen molar-refractivity contribution in [3.63, 3.8) is 0 Å². The molecule has 1 aliphatic carbocycles. The van der Waals surface area contributed by atoms with Crippen molar-refractivity contribution < 1.29 is 4.74 Å². The van der Waals surface area contributed by atoms with Crippen LogP contribution in [0.25, 0.3) is 0 Å². The van der Waals surface area contributed by atoms with Crippen LogP contribution in [0.4, 0.5) is 5.82 Å². The van der Waals surface area contributed by atoms with E-state index in [2.05, 4.69) is 46.8 Å². The van der Waals surface area contributed by atoms with E-state index in [0.29, 0.717) is 17.7 Å². The van der Waals surface area contributed by atoms with Crippen molar-refractivity contribution in [3.05, 3.63) is 23.1 Å². The standard InChI is InChI=1S/C21H32N6OS/c1-21(2,3)19-23-17(16-6-4-7-16)14-18(24-19)27-11-9-26(10-12-27)8-5-13-28-20-25-22-15-29-20/h14-16H,4-13H2,1-3H3. The lowest BCUT2D eigenvalue weighted by atomic mass is 9.82. The molecule has 0 spiro atoms. The predicted octanol–water partition coefficient (Wildman–Crippen LogP) is 3.48. The molecule has 1 saturated carbocycles. The van der Waals surface area contributed by atoms with Crippen molar-refractivity contribution in [3.8, 4) is 5.19 Å². The molecule has 0 N–H and O–H groups in total. The molecule has 0 aromatic carbocycles. The van der Waals surface area contributed by atoms with Gasteiger partial charge in [-0.15, -0.1) is 10.2 Å². The first kappa shape index (κ1) is 20.5. The zero-order valence-electron chi connectivity index (χ0n) is 17.8. The van der Waals surface area contributed by atoms with Crippen molar-refractivity contribution in [2.75, 3.05) is 44.2 Å². The molecular weight excluding hydrogens is 384 g/mol. The first-order chi connectivity index (χ1) is 14.0. The van der Waals surface area contributed by atoms with E-state index in [9.17, 15) is 0 Å². The molecule has 1 aliphatic heterocycles. The third kappa shape index (κ3) is 5.22. The third-order valence-electron chi connectivity index (χ3n) is 5.81. The van der Waals surface area contributed by atoms with Crippen LogP contribution < -0.4 is 9.64 Å². The van der Waals surface area contributed by atoms with Crippen LogP contribution in [0.1, 0.15) is 63.9 Å². The Bertz CT molecular complexity index is 779. The number of aromatic nitrogens is 4. The third-order valence-corrected chi connectivity index (χ3v) is 6.41. The van der Waals surface area contributed by atoms with Gasteiger partial charge in [-0.05, 0) is 19.3 Å². The van der Waals surface area contributed by atoms with Gasteiger partial charge in [-0.1, -0.05) is 38.5 Å². The highest BCUT2D eigenvalue weighted by Gasteiger charge is 2.27. The van der Waals surface area contributed by atoms with Crippen LogP contribution in [0.3, 0.4) is 0 Å². The Morgan fingerprint density at radius 1 is 1.14 bits per heavy atom. The molecule has 3 heterocycles. The molecule has 2 aliphatic rings. The van der Waals surface area contributed by atoms with Gasteiger partial charge in [0, 0.05) is 55.8 Å². The van der Waals surface area contributed by atoms with Crippen molar-refractivity contribution >= 4 is 17.2 Å². The molecule has 0 bridgehead atoms. The highest BCUT2D eigenvalue weighted by atomic mass is 32.1. The Balaban J connectivity index is 1.31. The molecule has 4 rings (SSSR count). The molecule has 2 aromatic rings. The largest absolute Gasteiger partial charge is 0.469 e. The van der Waals surface area contributed by atoms with Crippen LogP contribution in [0.2, 0.25) is 0 Å². The van der Waals surface area contributed by atoms with Gasteiger partial charge in [0.25, 0.3) is 5.19 Å². The van der Waals surface area contributed by atoms with Gasteiger partial charge in [0.05, 0.1) is 6.61 Å². The SMILES string of the molecule is CC(C)(C)c1nc(C2CCC2)cc(N2CCN(CCCOc3nncs3)CC2)n1. The van der Waals surface area contributed by atoms with Crippen LogP contribution >= 0.6 is 11.3 Å². The van der Waals surface area contributed by atoms with Gasteiger partial charge in [0.15, 0.2) is 0 Å². The van der Waals surface area contributed by atoms with Gasteiger partial charge in [-0.25, -0.2) is 9.97 Å². The molecule has 158 valence electrons. The van der Waals surface area contributed by atoms with Crippen molar-refractivity contribution in [2.24, 2.45) is 0 Å². The Kier molecular flexibility index (Phi) is 6.29. The van der Waals surface area contributed by atoms with E-state index in [1.54, 1.807) is 5.51 Å². The highest BCUT2D eigenvalue weighted by Crippen LogP contribution is 2.37. The van der Waals surface area contributed by atoms with E-state index in [1.807, 2.05) is 0 Å². The lowest BCUT2D eigenvalue weighted by Gasteiger charge is -2.36. The highest BCUT2D eigenvalue weighted by molar-refractivity contribution is 7.11. The maximum Gasteiger partial charge on any atom is 0.293 e. The fourth-order valence-electron chi connectivity index (χ4n) is 3.74. The minimum absolute atomic E-state index is 0.0245. The molecule has 29 heavy (non-hydrogen) atoms. The van der Waals surface area contributed by atoms with E-state index in [0.717, 1.165) is 50.8 Å². The zero-order chi connectivity index (χ0) is 20.3. The average molecular weight is 417 g/mol. The fourth-order valence-corrected chi connectivity index (χ4v) is 4.17. The van der Waals surface area contributed by atoms with Gasteiger partial charge in [0.1, 0.15) is 17.2 Å². The molecule has 7 nitrogen and oxygen atoms in total. The van der Waals surface area contributed by atoms with Crippen molar-refractivity contribution in [2.45, 2.75) is 57.8 Å². The Hall–Kier alpha value is -1.80. The molecule has 2 fully saturated rings.